The zero-order valence-corrected chi connectivity index (χ0v) is 15.7. The van der Waals surface area contributed by atoms with E-state index in [1.165, 1.54) is 11.8 Å². The van der Waals surface area contributed by atoms with Crippen LogP contribution in [-0.2, 0) is 16.0 Å². The smallest absolute Gasteiger partial charge is 0.224 e. The molecule has 0 bridgehead atoms. The average Bonchev–Trinajstić information content (AvgIpc) is 2.54. The fourth-order valence-corrected chi connectivity index (χ4v) is 2.92. The lowest BCUT2D eigenvalue weighted by Crippen LogP contribution is -2.38. The van der Waals surface area contributed by atoms with Gasteiger partial charge in [-0.25, -0.2) is 0 Å². The topological polar surface area (TPSA) is 49.4 Å². The molecule has 2 aromatic carbocycles. The molecule has 0 aliphatic heterocycles. The molecule has 4 nitrogen and oxygen atoms in total. The number of nitrogens with zero attached hydrogens (tertiary/aromatic N) is 1. The van der Waals surface area contributed by atoms with Crippen LogP contribution in [0.3, 0.4) is 0 Å². The van der Waals surface area contributed by atoms with Gasteiger partial charge in [0.2, 0.25) is 11.8 Å². The van der Waals surface area contributed by atoms with Crippen molar-refractivity contribution in [2.75, 3.05) is 18.0 Å². The number of benzene rings is 2. The normalized spacial score (nSPS) is 10.4. The zero-order chi connectivity index (χ0) is 18.4. The molecule has 0 fully saturated rings. The molecule has 6 heteroatoms. The Balaban J connectivity index is 1.92. The molecule has 0 aliphatic carbocycles. The van der Waals surface area contributed by atoms with Gasteiger partial charge in [0, 0.05) is 25.0 Å². The molecule has 0 saturated heterocycles. The van der Waals surface area contributed by atoms with E-state index in [0.717, 1.165) is 11.1 Å². The molecule has 0 aromatic heterocycles. The predicted molar refractivity (Wildman–Crippen MR) is 102 cm³/mol. The molecular formula is C19H20Cl2N2O2. The van der Waals surface area contributed by atoms with E-state index in [0.29, 0.717) is 35.2 Å². The number of hydrogen-bond donors (Lipinski definition) is 1. The van der Waals surface area contributed by atoms with Gasteiger partial charge in [0.25, 0.3) is 0 Å². The standard InChI is InChI=1S/C19H20Cl2N2O2/c1-13-3-5-15(6-4-13)11-19(25)22-9-10-23(14(2)24)18-8-7-16(20)12-17(18)21/h3-8,12H,9-11H2,1-2H3,(H,22,25). The molecule has 1 N–H and O–H groups in total. The Morgan fingerprint density at radius 2 is 1.76 bits per heavy atom. The Morgan fingerprint density at radius 1 is 1.08 bits per heavy atom. The molecule has 0 radical (unpaired) electrons. The van der Waals surface area contributed by atoms with Crippen LogP contribution in [0.15, 0.2) is 42.5 Å². The van der Waals surface area contributed by atoms with Crippen LogP contribution in [-0.4, -0.2) is 24.9 Å². The third-order valence-corrected chi connectivity index (χ3v) is 4.26. The van der Waals surface area contributed by atoms with Crippen LogP contribution in [0.1, 0.15) is 18.1 Å². The minimum absolute atomic E-state index is 0.0884. The number of carbonyl (C=O) groups is 2. The molecule has 0 aliphatic rings. The summed E-state index contributed by atoms with van der Waals surface area (Å²) in [6.07, 6.45) is 0.308. The fraction of sp³-hybridized carbons (Fsp3) is 0.263. The van der Waals surface area contributed by atoms with Crippen LogP contribution in [0.4, 0.5) is 5.69 Å². The van der Waals surface area contributed by atoms with Gasteiger partial charge in [0.05, 0.1) is 17.1 Å². The van der Waals surface area contributed by atoms with Gasteiger partial charge in [-0.05, 0) is 30.7 Å². The second-order valence-electron chi connectivity index (χ2n) is 5.78. The summed E-state index contributed by atoms with van der Waals surface area (Å²) in [5.74, 6) is -0.244. The number of anilines is 1. The van der Waals surface area contributed by atoms with Crippen molar-refractivity contribution in [2.45, 2.75) is 20.3 Å². The largest absolute Gasteiger partial charge is 0.354 e. The lowest BCUT2D eigenvalue weighted by Gasteiger charge is -2.22. The third kappa shape index (κ3) is 5.76. The van der Waals surface area contributed by atoms with Crippen LogP contribution in [0.25, 0.3) is 0 Å². The minimum atomic E-state index is -0.156. The quantitative estimate of drug-likeness (QED) is 0.825. The summed E-state index contributed by atoms with van der Waals surface area (Å²) in [7, 11) is 0. The van der Waals surface area contributed by atoms with Gasteiger partial charge >= 0.3 is 0 Å². The highest BCUT2D eigenvalue weighted by atomic mass is 35.5. The monoisotopic (exact) mass is 378 g/mol. The summed E-state index contributed by atoms with van der Waals surface area (Å²) >= 11 is 12.1. The number of nitrogens with one attached hydrogen (secondary N) is 1. The predicted octanol–water partition coefficient (Wildman–Crippen LogP) is 4.01. The molecule has 2 amide bonds. The third-order valence-electron chi connectivity index (χ3n) is 3.72. The summed E-state index contributed by atoms with van der Waals surface area (Å²) < 4.78 is 0. The molecule has 0 spiro atoms. The zero-order valence-electron chi connectivity index (χ0n) is 14.2. The molecule has 0 heterocycles. The van der Waals surface area contributed by atoms with Gasteiger partial charge in [0.15, 0.2) is 0 Å². The molecule has 132 valence electrons. The maximum atomic E-state index is 12.0. The first-order chi connectivity index (χ1) is 11.9. The molecule has 0 atom stereocenters. The Bertz CT molecular complexity index is 761. The van der Waals surface area contributed by atoms with Crippen LogP contribution in [0.5, 0.6) is 0 Å². The lowest BCUT2D eigenvalue weighted by atomic mass is 10.1. The van der Waals surface area contributed by atoms with E-state index in [2.05, 4.69) is 5.32 Å². The highest BCUT2D eigenvalue weighted by molar-refractivity contribution is 6.36. The van der Waals surface area contributed by atoms with Crippen molar-refractivity contribution in [3.05, 3.63) is 63.6 Å². The van der Waals surface area contributed by atoms with Crippen molar-refractivity contribution in [2.24, 2.45) is 0 Å². The molecule has 25 heavy (non-hydrogen) atoms. The summed E-state index contributed by atoms with van der Waals surface area (Å²) in [5.41, 5.74) is 2.68. The molecule has 2 rings (SSSR count). The molecule has 0 unspecified atom stereocenters. The molecule has 0 saturated carbocycles. The number of halogens is 2. The first-order valence-electron chi connectivity index (χ1n) is 7.92. The van der Waals surface area contributed by atoms with Crippen LogP contribution >= 0.6 is 23.2 Å². The second-order valence-corrected chi connectivity index (χ2v) is 6.62. The summed E-state index contributed by atoms with van der Waals surface area (Å²) in [5, 5.41) is 3.73. The Hall–Kier alpha value is -2.04. The van der Waals surface area contributed by atoms with Crippen molar-refractivity contribution in [3.8, 4) is 0 Å². The number of aryl methyl sites for hydroxylation is 1. The lowest BCUT2D eigenvalue weighted by molar-refractivity contribution is -0.121. The van der Waals surface area contributed by atoms with Crippen LogP contribution in [0.2, 0.25) is 10.0 Å². The SMILES string of the molecule is CC(=O)N(CCNC(=O)Cc1ccc(C)cc1)c1ccc(Cl)cc1Cl. The first-order valence-corrected chi connectivity index (χ1v) is 8.68. The van der Waals surface area contributed by atoms with E-state index >= 15 is 0 Å². The van der Waals surface area contributed by atoms with Crippen molar-refractivity contribution in [3.63, 3.8) is 0 Å². The number of amides is 2. The highest BCUT2D eigenvalue weighted by Gasteiger charge is 2.15. The van der Waals surface area contributed by atoms with Gasteiger partial charge in [-0.2, -0.15) is 0 Å². The Labute approximate surface area is 157 Å². The van der Waals surface area contributed by atoms with E-state index in [1.807, 2.05) is 31.2 Å². The van der Waals surface area contributed by atoms with E-state index in [1.54, 1.807) is 18.2 Å². The van der Waals surface area contributed by atoms with Crippen LogP contribution in [0, 0.1) is 6.92 Å². The van der Waals surface area contributed by atoms with Crippen molar-refractivity contribution in [1.29, 1.82) is 0 Å². The summed E-state index contributed by atoms with van der Waals surface area (Å²) in [6, 6.07) is 12.8. The minimum Gasteiger partial charge on any atom is -0.354 e. The van der Waals surface area contributed by atoms with E-state index in [4.69, 9.17) is 23.2 Å². The van der Waals surface area contributed by atoms with Gasteiger partial charge in [-0.1, -0.05) is 53.0 Å². The molecular weight excluding hydrogens is 359 g/mol. The average molecular weight is 379 g/mol. The Morgan fingerprint density at radius 3 is 2.36 bits per heavy atom. The molecule has 2 aromatic rings. The summed E-state index contributed by atoms with van der Waals surface area (Å²) in [6.45, 7) is 4.13. The second kappa shape index (κ2) is 8.88. The van der Waals surface area contributed by atoms with E-state index in [-0.39, 0.29) is 11.8 Å². The fourth-order valence-electron chi connectivity index (χ4n) is 2.41. The number of carbonyl (C=O) groups excluding carboxylic acids is 2. The van der Waals surface area contributed by atoms with Crippen molar-refractivity contribution in [1.82, 2.24) is 5.32 Å². The highest BCUT2D eigenvalue weighted by Crippen LogP contribution is 2.28. The number of rotatable bonds is 6. The Kier molecular flexibility index (Phi) is 6.85. The maximum Gasteiger partial charge on any atom is 0.224 e. The number of hydrogen-bond acceptors (Lipinski definition) is 2. The van der Waals surface area contributed by atoms with Crippen molar-refractivity contribution < 1.29 is 9.59 Å². The van der Waals surface area contributed by atoms with E-state index < -0.39 is 0 Å². The maximum absolute atomic E-state index is 12.0. The van der Waals surface area contributed by atoms with Crippen molar-refractivity contribution >= 4 is 40.7 Å². The first kappa shape index (κ1) is 19.3. The van der Waals surface area contributed by atoms with Gasteiger partial charge in [-0.15, -0.1) is 0 Å². The van der Waals surface area contributed by atoms with Gasteiger partial charge in [0.1, 0.15) is 0 Å². The van der Waals surface area contributed by atoms with E-state index in [9.17, 15) is 9.59 Å². The van der Waals surface area contributed by atoms with Gasteiger partial charge in [-0.3, -0.25) is 9.59 Å². The van der Waals surface area contributed by atoms with Crippen LogP contribution < -0.4 is 10.2 Å². The summed E-state index contributed by atoms with van der Waals surface area (Å²) in [4.78, 5) is 25.5. The van der Waals surface area contributed by atoms with Gasteiger partial charge < -0.3 is 10.2 Å².